The van der Waals surface area contributed by atoms with Crippen molar-refractivity contribution in [1.82, 2.24) is 9.97 Å². The summed E-state index contributed by atoms with van der Waals surface area (Å²) in [5, 5.41) is 0.924. The molecule has 0 unspecified atom stereocenters. The number of benzene rings is 1. The minimum atomic E-state index is 0.348. The quantitative estimate of drug-likeness (QED) is 0.789. The summed E-state index contributed by atoms with van der Waals surface area (Å²) < 4.78 is 10.9. The third kappa shape index (κ3) is 2.21. The maximum atomic E-state index is 5.80. The van der Waals surface area contributed by atoms with Crippen LogP contribution in [0.1, 0.15) is 0 Å². The van der Waals surface area contributed by atoms with Gasteiger partial charge in [-0.2, -0.15) is 4.98 Å². The number of nitrogens with two attached hydrogens (primary N) is 1. The van der Waals surface area contributed by atoms with Crippen molar-refractivity contribution in [3.8, 4) is 17.5 Å². The Bertz CT molecular complexity index is 754. The van der Waals surface area contributed by atoms with Crippen LogP contribution in [0, 0.1) is 0 Å². The van der Waals surface area contributed by atoms with Crippen LogP contribution in [0.25, 0.3) is 10.9 Å². The molecular weight excluding hydrogens is 254 g/mol. The van der Waals surface area contributed by atoms with Gasteiger partial charge in [-0.1, -0.05) is 6.07 Å². The lowest BCUT2D eigenvalue weighted by molar-refractivity contribution is 0.386. The van der Waals surface area contributed by atoms with E-state index in [1.165, 1.54) is 7.11 Å². The summed E-state index contributed by atoms with van der Waals surface area (Å²) >= 11 is 0. The number of hydrogen-bond donors (Lipinski definition) is 1. The zero-order chi connectivity index (χ0) is 13.9. The van der Waals surface area contributed by atoms with Gasteiger partial charge in [-0.05, 0) is 30.3 Å². The highest BCUT2D eigenvalue weighted by Crippen LogP contribution is 2.30. The van der Waals surface area contributed by atoms with Gasteiger partial charge in [0.1, 0.15) is 5.75 Å². The zero-order valence-electron chi connectivity index (χ0n) is 10.9. The Labute approximate surface area is 116 Å². The van der Waals surface area contributed by atoms with E-state index in [2.05, 4.69) is 9.97 Å². The Morgan fingerprint density at radius 3 is 2.80 bits per heavy atom. The summed E-state index contributed by atoms with van der Waals surface area (Å²) in [5.41, 5.74) is 7.07. The highest BCUT2D eigenvalue weighted by atomic mass is 16.5. The van der Waals surface area contributed by atoms with Crippen molar-refractivity contribution in [3.63, 3.8) is 0 Å². The summed E-state index contributed by atoms with van der Waals surface area (Å²) in [6.45, 7) is 0. The first kappa shape index (κ1) is 12.2. The number of aromatic nitrogens is 2. The maximum Gasteiger partial charge on any atom is 0.240 e. The number of rotatable bonds is 3. The molecule has 1 aromatic carbocycles. The number of pyridine rings is 2. The summed E-state index contributed by atoms with van der Waals surface area (Å²) in [6, 6.07) is 12.9. The molecule has 0 aliphatic rings. The molecule has 0 amide bonds. The normalized spacial score (nSPS) is 10.4. The van der Waals surface area contributed by atoms with Gasteiger partial charge in [-0.15, -0.1) is 0 Å². The molecule has 0 fully saturated rings. The number of fused-ring (bicyclic) bond motifs is 1. The lowest BCUT2D eigenvalue weighted by Crippen LogP contribution is -1.97. The minimum Gasteiger partial charge on any atom is -0.479 e. The van der Waals surface area contributed by atoms with E-state index in [1.54, 1.807) is 18.3 Å². The number of nitrogens with zero attached hydrogens (tertiary/aromatic N) is 2. The molecule has 3 rings (SSSR count). The van der Waals surface area contributed by atoms with Crippen molar-refractivity contribution in [2.75, 3.05) is 12.8 Å². The predicted octanol–water partition coefficient (Wildman–Crippen LogP) is 3.01. The molecule has 3 aromatic rings. The second-order valence-electron chi connectivity index (χ2n) is 4.18. The third-order valence-corrected chi connectivity index (χ3v) is 2.88. The molecule has 20 heavy (non-hydrogen) atoms. The van der Waals surface area contributed by atoms with Gasteiger partial charge in [-0.25, -0.2) is 0 Å². The van der Waals surface area contributed by atoms with E-state index in [1.807, 2.05) is 30.3 Å². The van der Waals surface area contributed by atoms with Crippen LogP contribution in [-0.2, 0) is 0 Å². The molecule has 2 heterocycles. The molecule has 100 valence electrons. The van der Waals surface area contributed by atoms with E-state index in [0.717, 1.165) is 10.9 Å². The minimum absolute atomic E-state index is 0.348. The van der Waals surface area contributed by atoms with Crippen LogP contribution in [0.4, 0.5) is 5.69 Å². The third-order valence-electron chi connectivity index (χ3n) is 2.88. The Morgan fingerprint density at radius 1 is 1.05 bits per heavy atom. The highest BCUT2D eigenvalue weighted by Gasteiger charge is 2.07. The second-order valence-corrected chi connectivity index (χ2v) is 4.18. The van der Waals surface area contributed by atoms with Crippen LogP contribution in [0.5, 0.6) is 17.5 Å². The molecule has 0 spiro atoms. The fourth-order valence-electron chi connectivity index (χ4n) is 1.93. The lowest BCUT2D eigenvalue weighted by Gasteiger charge is -2.09. The Hall–Kier alpha value is -2.82. The first-order chi connectivity index (χ1) is 9.78. The van der Waals surface area contributed by atoms with Gasteiger partial charge in [0.25, 0.3) is 0 Å². The van der Waals surface area contributed by atoms with Crippen molar-refractivity contribution < 1.29 is 9.47 Å². The molecule has 5 nitrogen and oxygen atoms in total. The van der Waals surface area contributed by atoms with E-state index in [4.69, 9.17) is 15.2 Å². The van der Waals surface area contributed by atoms with Crippen molar-refractivity contribution in [1.29, 1.82) is 0 Å². The molecule has 5 heteroatoms. The van der Waals surface area contributed by atoms with Crippen LogP contribution in [0.2, 0.25) is 0 Å². The van der Waals surface area contributed by atoms with Crippen molar-refractivity contribution in [2.24, 2.45) is 0 Å². The van der Waals surface area contributed by atoms with Crippen molar-refractivity contribution in [2.45, 2.75) is 0 Å². The molecule has 2 aromatic heterocycles. The van der Waals surface area contributed by atoms with Crippen LogP contribution >= 0.6 is 0 Å². The molecule has 0 aliphatic heterocycles. The summed E-state index contributed by atoms with van der Waals surface area (Å²) in [6.07, 6.45) is 1.75. The molecule has 2 N–H and O–H groups in total. The average molecular weight is 267 g/mol. The predicted molar refractivity (Wildman–Crippen MR) is 77.0 cm³/mol. The summed E-state index contributed by atoms with van der Waals surface area (Å²) in [4.78, 5) is 8.49. The molecule has 0 radical (unpaired) electrons. The summed E-state index contributed by atoms with van der Waals surface area (Å²) in [7, 11) is 1.52. The second kappa shape index (κ2) is 5.05. The van der Waals surface area contributed by atoms with E-state index < -0.39 is 0 Å². The number of ether oxygens (including phenoxy) is 2. The van der Waals surface area contributed by atoms with E-state index in [0.29, 0.717) is 23.2 Å². The number of methoxy groups -OCH3 is 1. The fraction of sp³-hybridized carbons (Fsp3) is 0.0667. The number of hydrogen-bond acceptors (Lipinski definition) is 5. The van der Waals surface area contributed by atoms with E-state index >= 15 is 0 Å². The zero-order valence-corrected chi connectivity index (χ0v) is 10.9. The standard InChI is InChI=1S/C15H13N3O2/c1-19-15-11(16)7-8-14(18-15)20-13-6-2-5-12-10(13)4-3-9-17-12/h2-9H,16H2,1H3. The van der Waals surface area contributed by atoms with Gasteiger partial charge >= 0.3 is 0 Å². The lowest BCUT2D eigenvalue weighted by atomic mass is 10.2. The Kier molecular flexibility index (Phi) is 3.09. The molecule has 0 aliphatic carbocycles. The number of anilines is 1. The first-order valence-corrected chi connectivity index (χ1v) is 6.10. The Morgan fingerprint density at radius 2 is 1.95 bits per heavy atom. The van der Waals surface area contributed by atoms with Gasteiger partial charge in [0.05, 0.1) is 18.3 Å². The van der Waals surface area contributed by atoms with Gasteiger partial charge < -0.3 is 15.2 Å². The highest BCUT2D eigenvalue weighted by molar-refractivity contribution is 5.85. The van der Waals surface area contributed by atoms with Gasteiger partial charge in [0, 0.05) is 17.6 Å². The molecular formula is C15H13N3O2. The average Bonchev–Trinajstić information content (AvgIpc) is 2.49. The topological polar surface area (TPSA) is 70.3 Å². The van der Waals surface area contributed by atoms with Gasteiger partial charge in [0.15, 0.2) is 0 Å². The van der Waals surface area contributed by atoms with Crippen LogP contribution in [0.15, 0.2) is 48.7 Å². The summed E-state index contributed by atoms with van der Waals surface area (Å²) in [5.74, 6) is 1.46. The molecule has 0 saturated carbocycles. The molecule has 0 atom stereocenters. The van der Waals surface area contributed by atoms with Crippen molar-refractivity contribution >= 4 is 16.6 Å². The fourth-order valence-corrected chi connectivity index (χ4v) is 1.93. The van der Waals surface area contributed by atoms with Crippen LogP contribution in [-0.4, -0.2) is 17.1 Å². The monoisotopic (exact) mass is 267 g/mol. The molecule has 0 saturated heterocycles. The van der Waals surface area contributed by atoms with E-state index in [9.17, 15) is 0 Å². The maximum absolute atomic E-state index is 5.80. The SMILES string of the molecule is COc1nc(Oc2cccc3ncccc23)ccc1N. The van der Waals surface area contributed by atoms with Crippen molar-refractivity contribution in [3.05, 3.63) is 48.7 Å². The van der Waals surface area contributed by atoms with Crippen LogP contribution in [0.3, 0.4) is 0 Å². The van der Waals surface area contributed by atoms with Gasteiger partial charge in [0.2, 0.25) is 11.8 Å². The Balaban J connectivity index is 2.01. The van der Waals surface area contributed by atoms with E-state index in [-0.39, 0.29) is 0 Å². The number of nitrogen functional groups attached to an aromatic ring is 1. The largest absolute Gasteiger partial charge is 0.479 e. The first-order valence-electron chi connectivity index (χ1n) is 6.10. The smallest absolute Gasteiger partial charge is 0.240 e. The van der Waals surface area contributed by atoms with Gasteiger partial charge in [-0.3, -0.25) is 4.98 Å². The van der Waals surface area contributed by atoms with Crippen LogP contribution < -0.4 is 15.2 Å². The molecule has 0 bridgehead atoms.